The molecular weight excluding hydrogens is 394 g/mol. The smallest absolute Gasteiger partial charge is 0.407 e. The molecule has 1 aliphatic heterocycles. The van der Waals surface area contributed by atoms with Gasteiger partial charge in [-0.2, -0.15) is 0 Å². The lowest BCUT2D eigenvalue weighted by atomic mass is 10.1. The van der Waals surface area contributed by atoms with Gasteiger partial charge in [0.2, 0.25) is 0 Å². The molecule has 3 amide bonds. The van der Waals surface area contributed by atoms with Gasteiger partial charge in [0.25, 0.3) is 11.8 Å². The molecule has 30 heavy (non-hydrogen) atoms. The maximum atomic E-state index is 12.2. The molecule has 1 aliphatic rings. The normalized spacial score (nSPS) is 13.2. The van der Waals surface area contributed by atoms with Crippen LogP contribution in [0.15, 0.2) is 30.5 Å². The van der Waals surface area contributed by atoms with Gasteiger partial charge in [-0.1, -0.05) is 22.4 Å². The van der Waals surface area contributed by atoms with Crippen molar-refractivity contribution in [2.45, 2.75) is 39.3 Å². The summed E-state index contributed by atoms with van der Waals surface area (Å²) in [6.45, 7) is 5.21. The fourth-order valence-electron chi connectivity index (χ4n) is 2.65. The lowest BCUT2D eigenvalue weighted by Gasteiger charge is -2.19. The number of rotatable bonds is 6. The standard InChI is InChI=1S/C19H21N5O6/c1-19(2,3)29-18(28)20-9-8-12-10-23(22-21-12)11-15(25)30-24-16(26)13-6-4-5-7-14(13)17(24)27/h4-7,10H,8-9,11H2,1-3H3,(H,20,28). The minimum Gasteiger partial charge on any atom is -0.444 e. The van der Waals surface area contributed by atoms with E-state index in [1.54, 1.807) is 32.9 Å². The van der Waals surface area contributed by atoms with Crippen molar-refractivity contribution < 1.29 is 28.8 Å². The quantitative estimate of drug-likeness (QED) is 0.694. The maximum absolute atomic E-state index is 12.2. The average molecular weight is 415 g/mol. The van der Waals surface area contributed by atoms with Crippen LogP contribution in [0.25, 0.3) is 0 Å². The highest BCUT2D eigenvalue weighted by Crippen LogP contribution is 2.22. The molecule has 0 bridgehead atoms. The number of imide groups is 1. The van der Waals surface area contributed by atoms with E-state index in [2.05, 4.69) is 15.6 Å². The number of hydroxylamine groups is 2. The molecule has 1 aromatic carbocycles. The highest BCUT2D eigenvalue weighted by Gasteiger charge is 2.38. The van der Waals surface area contributed by atoms with Crippen LogP contribution < -0.4 is 5.32 Å². The van der Waals surface area contributed by atoms with E-state index in [-0.39, 0.29) is 24.2 Å². The zero-order valence-electron chi connectivity index (χ0n) is 16.7. The van der Waals surface area contributed by atoms with Gasteiger partial charge in [0.1, 0.15) is 12.1 Å². The number of aromatic nitrogens is 3. The van der Waals surface area contributed by atoms with Gasteiger partial charge in [-0.3, -0.25) is 9.59 Å². The number of carbonyl (C=O) groups is 4. The molecule has 2 aromatic rings. The second kappa shape index (κ2) is 8.31. The van der Waals surface area contributed by atoms with Crippen LogP contribution in [0.5, 0.6) is 0 Å². The molecule has 0 aliphatic carbocycles. The third-order valence-electron chi connectivity index (χ3n) is 3.88. The minimum atomic E-state index is -0.854. The molecule has 0 atom stereocenters. The van der Waals surface area contributed by atoms with Crippen LogP contribution in [0, 0.1) is 0 Å². The Hall–Kier alpha value is -3.76. The van der Waals surface area contributed by atoms with Gasteiger partial charge in [0.15, 0.2) is 0 Å². The molecule has 11 heteroatoms. The number of hydrogen-bond donors (Lipinski definition) is 1. The van der Waals surface area contributed by atoms with Gasteiger partial charge in [0, 0.05) is 19.2 Å². The lowest BCUT2D eigenvalue weighted by Crippen LogP contribution is -2.34. The van der Waals surface area contributed by atoms with Crippen LogP contribution in [0.2, 0.25) is 0 Å². The molecule has 0 spiro atoms. The summed E-state index contributed by atoms with van der Waals surface area (Å²) in [7, 11) is 0. The number of alkyl carbamates (subject to hydrolysis) is 1. The van der Waals surface area contributed by atoms with E-state index in [0.717, 1.165) is 0 Å². The molecule has 2 heterocycles. The SMILES string of the molecule is CC(C)(C)OC(=O)NCCc1cn(CC(=O)ON2C(=O)c3ccccc3C2=O)nn1. The number of nitrogens with one attached hydrogen (secondary N) is 1. The number of hydrogen-bond acceptors (Lipinski definition) is 8. The fraction of sp³-hybridized carbons (Fsp3) is 0.368. The van der Waals surface area contributed by atoms with Crippen molar-refractivity contribution in [1.82, 2.24) is 25.4 Å². The number of ether oxygens (including phenoxy) is 1. The van der Waals surface area contributed by atoms with E-state index in [0.29, 0.717) is 17.2 Å². The molecule has 1 aromatic heterocycles. The maximum Gasteiger partial charge on any atom is 0.407 e. The lowest BCUT2D eigenvalue weighted by molar-refractivity contribution is -0.169. The van der Waals surface area contributed by atoms with Gasteiger partial charge in [-0.15, -0.1) is 5.10 Å². The van der Waals surface area contributed by atoms with Crippen molar-refractivity contribution in [2.24, 2.45) is 0 Å². The van der Waals surface area contributed by atoms with E-state index in [9.17, 15) is 19.2 Å². The summed E-state index contributed by atoms with van der Waals surface area (Å²) < 4.78 is 6.34. The Kier molecular flexibility index (Phi) is 5.81. The van der Waals surface area contributed by atoms with Crippen molar-refractivity contribution in [3.8, 4) is 0 Å². The van der Waals surface area contributed by atoms with Gasteiger partial charge in [0.05, 0.1) is 16.8 Å². The van der Waals surface area contributed by atoms with E-state index in [1.165, 1.54) is 23.0 Å². The molecule has 0 saturated heterocycles. The van der Waals surface area contributed by atoms with Gasteiger partial charge in [-0.05, 0) is 32.9 Å². The summed E-state index contributed by atoms with van der Waals surface area (Å²) in [5, 5.41) is 10.7. The molecule has 11 nitrogen and oxygen atoms in total. The number of nitrogens with zero attached hydrogens (tertiary/aromatic N) is 4. The Bertz CT molecular complexity index is 958. The van der Waals surface area contributed by atoms with Crippen molar-refractivity contribution in [3.05, 3.63) is 47.3 Å². The molecular formula is C19H21N5O6. The Morgan fingerprint density at radius 1 is 1.10 bits per heavy atom. The summed E-state index contributed by atoms with van der Waals surface area (Å²) in [6.07, 6.45) is 1.33. The summed E-state index contributed by atoms with van der Waals surface area (Å²) in [4.78, 5) is 53.1. The Morgan fingerprint density at radius 2 is 1.73 bits per heavy atom. The Labute approximate surface area is 171 Å². The first kappa shape index (κ1) is 21.0. The van der Waals surface area contributed by atoms with Gasteiger partial charge >= 0.3 is 12.1 Å². The first-order valence-corrected chi connectivity index (χ1v) is 9.18. The summed E-state index contributed by atoms with van der Waals surface area (Å²) in [6, 6.07) is 6.20. The second-order valence-corrected chi connectivity index (χ2v) is 7.50. The number of amides is 3. The molecule has 1 N–H and O–H groups in total. The molecule has 158 valence electrons. The van der Waals surface area contributed by atoms with Crippen LogP contribution >= 0.6 is 0 Å². The molecule has 3 rings (SSSR count). The van der Waals surface area contributed by atoms with Crippen LogP contribution in [0.1, 0.15) is 47.2 Å². The molecule has 0 saturated carbocycles. The predicted octanol–water partition coefficient (Wildman–Crippen LogP) is 1.10. The Balaban J connectivity index is 1.48. The van der Waals surface area contributed by atoms with Crippen molar-refractivity contribution in [3.63, 3.8) is 0 Å². The summed E-state index contributed by atoms with van der Waals surface area (Å²) >= 11 is 0. The van der Waals surface area contributed by atoms with Gasteiger partial charge in [-0.25, -0.2) is 14.3 Å². The van der Waals surface area contributed by atoms with Crippen LogP contribution in [-0.2, 0) is 27.3 Å². The van der Waals surface area contributed by atoms with Crippen molar-refractivity contribution >= 4 is 23.9 Å². The zero-order chi connectivity index (χ0) is 21.9. The van der Waals surface area contributed by atoms with Crippen molar-refractivity contribution in [1.29, 1.82) is 0 Å². The zero-order valence-corrected chi connectivity index (χ0v) is 16.7. The van der Waals surface area contributed by atoms with E-state index in [1.807, 2.05) is 0 Å². The topological polar surface area (TPSA) is 133 Å². The predicted molar refractivity (Wildman–Crippen MR) is 101 cm³/mol. The number of fused-ring (bicyclic) bond motifs is 1. The van der Waals surface area contributed by atoms with Crippen LogP contribution in [0.3, 0.4) is 0 Å². The largest absolute Gasteiger partial charge is 0.444 e. The summed E-state index contributed by atoms with van der Waals surface area (Å²) in [5.74, 6) is -2.25. The number of carbonyl (C=O) groups excluding carboxylic acids is 4. The van der Waals surface area contributed by atoms with E-state index >= 15 is 0 Å². The first-order valence-electron chi connectivity index (χ1n) is 9.18. The molecule has 0 fully saturated rings. The highest BCUT2D eigenvalue weighted by atomic mass is 16.7. The molecule has 0 unspecified atom stereocenters. The highest BCUT2D eigenvalue weighted by molar-refractivity contribution is 6.20. The third kappa shape index (κ3) is 4.99. The second-order valence-electron chi connectivity index (χ2n) is 7.50. The first-order chi connectivity index (χ1) is 14.1. The molecule has 0 radical (unpaired) electrons. The van der Waals surface area contributed by atoms with Crippen LogP contribution in [-0.4, -0.2) is 56.1 Å². The van der Waals surface area contributed by atoms with Crippen molar-refractivity contribution in [2.75, 3.05) is 6.54 Å². The van der Waals surface area contributed by atoms with E-state index < -0.39 is 29.5 Å². The fourth-order valence-corrected chi connectivity index (χ4v) is 2.65. The minimum absolute atomic E-state index is 0.177. The average Bonchev–Trinajstić information content (AvgIpc) is 3.19. The third-order valence-corrected chi connectivity index (χ3v) is 3.88. The monoisotopic (exact) mass is 415 g/mol. The number of benzene rings is 1. The van der Waals surface area contributed by atoms with Crippen LogP contribution in [0.4, 0.5) is 4.79 Å². The van der Waals surface area contributed by atoms with Gasteiger partial charge < -0.3 is 14.9 Å². The Morgan fingerprint density at radius 3 is 2.33 bits per heavy atom. The summed E-state index contributed by atoms with van der Waals surface area (Å²) in [5.41, 5.74) is 0.291. The van der Waals surface area contributed by atoms with E-state index in [4.69, 9.17) is 9.57 Å².